The van der Waals surface area contributed by atoms with Gasteiger partial charge in [0, 0.05) is 45.3 Å². The number of hydrogen-bond donors (Lipinski definition) is 2. The molecule has 2 amide bonds. The molecule has 0 aromatic carbocycles. The van der Waals surface area contributed by atoms with Gasteiger partial charge >= 0.3 is 24.3 Å². The predicted octanol–water partition coefficient (Wildman–Crippen LogP) is 3.49. The van der Waals surface area contributed by atoms with Crippen LogP contribution in [0.3, 0.4) is 0 Å². The van der Waals surface area contributed by atoms with Gasteiger partial charge in [0.15, 0.2) is 5.82 Å². The fourth-order valence-corrected chi connectivity index (χ4v) is 4.83. The second-order valence-corrected chi connectivity index (χ2v) is 10.3. The zero-order valence-corrected chi connectivity index (χ0v) is 24.5. The first-order chi connectivity index (χ1) is 21.3. The first kappa shape index (κ1) is 35.3. The van der Waals surface area contributed by atoms with Gasteiger partial charge in [-0.25, -0.2) is 19.6 Å². The van der Waals surface area contributed by atoms with Crippen LogP contribution in [-0.4, -0.2) is 104 Å². The third kappa shape index (κ3) is 7.73. The molecule has 0 bridgehead atoms. The van der Waals surface area contributed by atoms with Crippen LogP contribution in [0.25, 0.3) is 5.82 Å². The fraction of sp³-hybridized carbons (Fsp3) is 0.357. The third-order valence-electron chi connectivity index (χ3n) is 6.95. The Balaban J connectivity index is 0.000000345. The summed E-state index contributed by atoms with van der Waals surface area (Å²) in [4.78, 5) is 58.6. The quantitative estimate of drug-likeness (QED) is 0.404. The van der Waals surface area contributed by atoms with Gasteiger partial charge in [-0.1, -0.05) is 6.07 Å². The highest BCUT2D eigenvalue weighted by Gasteiger charge is 2.51. The first-order valence-corrected chi connectivity index (χ1v) is 13.2. The lowest BCUT2D eigenvalue weighted by Crippen LogP contribution is -2.55. The minimum Gasteiger partial charge on any atom is -0.475 e. The summed E-state index contributed by atoms with van der Waals surface area (Å²) in [7, 11) is 3.53. The van der Waals surface area contributed by atoms with E-state index in [0.717, 1.165) is 22.9 Å². The van der Waals surface area contributed by atoms with Crippen molar-refractivity contribution >= 4 is 29.4 Å². The molecule has 1 saturated heterocycles. The second kappa shape index (κ2) is 13.5. The Labute approximate surface area is 257 Å². The number of likely N-dealkylation sites (N-methyl/N-ethyl adjacent to an activating group) is 1. The minimum atomic E-state index is -5.08. The molecule has 248 valence electrons. The maximum Gasteiger partial charge on any atom is 0.490 e. The van der Waals surface area contributed by atoms with Crippen LogP contribution in [0, 0.1) is 6.92 Å². The summed E-state index contributed by atoms with van der Waals surface area (Å²) in [6, 6.07) is 13.5. The number of hydrogen-bond acceptors (Lipinski definition) is 7. The van der Waals surface area contributed by atoms with Crippen molar-refractivity contribution in [2.45, 2.75) is 31.2 Å². The summed E-state index contributed by atoms with van der Waals surface area (Å²) < 4.78 is 65.6. The Bertz CT molecular complexity index is 1580. The third-order valence-corrected chi connectivity index (χ3v) is 6.95. The molecular formula is C28H28F6N6O6. The monoisotopic (exact) mass is 658 g/mol. The molecule has 0 saturated carbocycles. The van der Waals surface area contributed by atoms with Gasteiger partial charge in [-0.3, -0.25) is 9.59 Å². The first-order valence-electron chi connectivity index (χ1n) is 13.2. The van der Waals surface area contributed by atoms with Crippen molar-refractivity contribution in [1.82, 2.24) is 24.3 Å². The van der Waals surface area contributed by atoms with E-state index in [-0.39, 0.29) is 18.4 Å². The summed E-state index contributed by atoms with van der Waals surface area (Å²) in [5, 5.41) is 14.2. The predicted molar refractivity (Wildman–Crippen MR) is 148 cm³/mol. The molecule has 2 aliphatic rings. The van der Waals surface area contributed by atoms with Crippen molar-refractivity contribution in [1.29, 1.82) is 0 Å². The van der Waals surface area contributed by atoms with Crippen molar-refractivity contribution in [2.24, 2.45) is 0 Å². The van der Waals surface area contributed by atoms with Crippen LogP contribution >= 0.6 is 0 Å². The molecule has 12 nitrogen and oxygen atoms in total. The molecule has 2 aliphatic heterocycles. The zero-order valence-electron chi connectivity index (χ0n) is 24.5. The Hall–Kier alpha value is -5.16. The van der Waals surface area contributed by atoms with Crippen molar-refractivity contribution in [2.75, 3.05) is 38.6 Å². The van der Waals surface area contributed by atoms with Crippen molar-refractivity contribution in [3.05, 3.63) is 71.9 Å². The van der Waals surface area contributed by atoms with Gasteiger partial charge in [-0.15, -0.1) is 0 Å². The molecule has 1 atom stereocenters. The van der Waals surface area contributed by atoms with Crippen LogP contribution in [0.15, 0.2) is 54.9 Å². The van der Waals surface area contributed by atoms with Crippen molar-refractivity contribution in [3.63, 3.8) is 0 Å². The lowest BCUT2D eigenvalue weighted by atomic mass is 9.88. The smallest absolute Gasteiger partial charge is 0.475 e. The summed E-state index contributed by atoms with van der Waals surface area (Å²) in [5.74, 6) is -4.79. The Morgan fingerprint density at radius 2 is 1.54 bits per heavy atom. The zero-order chi connectivity index (χ0) is 34.6. The number of nitrogens with zero attached hydrogens (tertiary/aromatic N) is 6. The number of likely N-dealkylation sites (tertiary alicyclic amines) is 1. The molecule has 5 rings (SSSR count). The average molecular weight is 659 g/mol. The van der Waals surface area contributed by atoms with Gasteiger partial charge < -0.3 is 29.5 Å². The van der Waals surface area contributed by atoms with Crippen LogP contribution in [0.2, 0.25) is 0 Å². The summed E-state index contributed by atoms with van der Waals surface area (Å²) in [6.07, 6.45) is -5.69. The molecule has 2 N–H and O–H groups in total. The number of carbonyl (C=O) groups is 4. The van der Waals surface area contributed by atoms with E-state index in [1.807, 2.05) is 48.4 Å². The summed E-state index contributed by atoms with van der Waals surface area (Å²) in [5.41, 5.74) is 2.68. The van der Waals surface area contributed by atoms with Gasteiger partial charge in [0.05, 0.1) is 17.9 Å². The number of halogens is 6. The number of fused-ring (bicyclic) bond motifs is 4. The second-order valence-electron chi connectivity index (χ2n) is 10.3. The number of pyridine rings is 2. The largest absolute Gasteiger partial charge is 0.490 e. The highest BCUT2D eigenvalue weighted by atomic mass is 19.4. The van der Waals surface area contributed by atoms with E-state index < -0.39 is 29.8 Å². The van der Waals surface area contributed by atoms with Crippen LogP contribution in [0.5, 0.6) is 0 Å². The van der Waals surface area contributed by atoms with Gasteiger partial charge in [-0.05, 0) is 49.7 Å². The van der Waals surface area contributed by atoms with Crippen LogP contribution in [0.1, 0.15) is 28.3 Å². The van der Waals surface area contributed by atoms with E-state index >= 15 is 0 Å². The SMILES string of the molecule is Cc1cccc(C(=O)N2CCC3(C2)c2cccn2-c2ncccc2N3CC(=O)N(C)C)n1.O=C(O)C(F)(F)F.O=C(O)C(F)(F)F. The minimum absolute atomic E-state index is 0.00399. The molecular weight excluding hydrogens is 630 g/mol. The van der Waals surface area contributed by atoms with Gasteiger partial charge in [0.25, 0.3) is 5.91 Å². The number of anilines is 1. The van der Waals surface area contributed by atoms with E-state index in [9.17, 15) is 35.9 Å². The average Bonchev–Trinajstić information content (AvgIpc) is 3.64. The van der Waals surface area contributed by atoms with Crippen LogP contribution in [0.4, 0.5) is 32.0 Å². The van der Waals surface area contributed by atoms with Crippen molar-refractivity contribution in [3.8, 4) is 5.82 Å². The molecule has 0 radical (unpaired) electrons. The molecule has 5 heterocycles. The molecule has 46 heavy (non-hydrogen) atoms. The highest BCUT2D eigenvalue weighted by Crippen LogP contribution is 2.47. The number of amides is 2. The number of alkyl halides is 6. The maximum atomic E-state index is 13.3. The van der Waals surface area contributed by atoms with E-state index in [1.54, 1.807) is 31.3 Å². The standard InChI is InChI=1S/C24H26N6O2.2C2HF3O2/c1-17-7-4-8-18(26-17)23(32)28-14-11-24(16-28)20-10-6-13-29(20)22-19(9-5-12-25-22)30(24)15-21(31)27(2)3;2*3-2(4,5)1(6)7/h4-10,12-13H,11,14-16H2,1-3H3;2*(H,6,7). The van der Waals surface area contributed by atoms with Crippen LogP contribution in [-0.2, 0) is 19.9 Å². The number of aryl methyl sites for hydroxylation is 1. The van der Waals surface area contributed by atoms with Crippen LogP contribution < -0.4 is 4.90 Å². The lowest BCUT2D eigenvalue weighted by Gasteiger charge is -2.46. The Morgan fingerprint density at radius 1 is 0.935 bits per heavy atom. The summed E-state index contributed by atoms with van der Waals surface area (Å²) in [6.45, 7) is 3.15. The number of carbonyl (C=O) groups excluding carboxylic acids is 2. The van der Waals surface area contributed by atoms with E-state index in [2.05, 4.69) is 25.5 Å². The highest BCUT2D eigenvalue weighted by molar-refractivity contribution is 5.93. The summed E-state index contributed by atoms with van der Waals surface area (Å²) >= 11 is 0. The molecule has 0 aliphatic carbocycles. The van der Waals surface area contributed by atoms with Gasteiger partial charge in [-0.2, -0.15) is 26.3 Å². The number of carboxylic acids is 2. The molecule has 3 aromatic heterocycles. The Kier molecular flexibility index (Phi) is 10.3. The van der Waals surface area contributed by atoms with E-state index in [4.69, 9.17) is 19.8 Å². The Morgan fingerprint density at radius 3 is 2.09 bits per heavy atom. The van der Waals surface area contributed by atoms with Crippen molar-refractivity contribution < 1.29 is 55.7 Å². The number of aromatic nitrogens is 3. The van der Waals surface area contributed by atoms with E-state index in [1.165, 1.54) is 0 Å². The van der Waals surface area contributed by atoms with Gasteiger partial charge in [0.1, 0.15) is 11.2 Å². The molecule has 1 unspecified atom stereocenters. The van der Waals surface area contributed by atoms with E-state index in [0.29, 0.717) is 25.2 Å². The normalized spacial score (nSPS) is 16.7. The topological polar surface area (TPSA) is 149 Å². The van der Waals surface area contributed by atoms with Gasteiger partial charge in [0.2, 0.25) is 5.91 Å². The molecule has 3 aromatic rings. The molecule has 1 fully saturated rings. The number of aliphatic carboxylic acids is 2. The number of carboxylic acid groups (broad SMARTS) is 2. The lowest BCUT2D eigenvalue weighted by molar-refractivity contribution is -0.193. The fourth-order valence-electron chi connectivity index (χ4n) is 4.83. The number of rotatable bonds is 3. The maximum absolute atomic E-state index is 13.3. The molecule has 18 heteroatoms. The molecule has 1 spiro atoms.